The van der Waals surface area contributed by atoms with Crippen LogP contribution in [0.15, 0.2) is 34.5 Å². The fourth-order valence-electron chi connectivity index (χ4n) is 1.44. The molecule has 1 aromatic carbocycles. The summed E-state index contributed by atoms with van der Waals surface area (Å²) in [4.78, 5) is 16.8. The molecule has 0 aliphatic rings. The highest BCUT2D eigenvalue weighted by molar-refractivity contribution is 7.98. The van der Waals surface area contributed by atoms with E-state index in [2.05, 4.69) is 10.4 Å². The van der Waals surface area contributed by atoms with Crippen LogP contribution in [-0.2, 0) is 5.75 Å². The summed E-state index contributed by atoms with van der Waals surface area (Å²) in [6.45, 7) is 3.60. The normalized spacial score (nSPS) is 10.5. The standard InChI is InChI=1S/C13H13NOS2/c1-9(15)11-4-3-5-13(6-11)17-8-12-7-16-10(2)14-12/h3-7H,8H2,1-2H3. The Morgan fingerprint density at radius 2 is 2.29 bits per heavy atom. The van der Waals surface area contributed by atoms with Gasteiger partial charge in [-0.2, -0.15) is 0 Å². The molecule has 0 aliphatic carbocycles. The van der Waals surface area contributed by atoms with Crippen LogP contribution in [0.4, 0.5) is 0 Å². The van der Waals surface area contributed by atoms with Crippen molar-refractivity contribution in [1.29, 1.82) is 0 Å². The summed E-state index contributed by atoms with van der Waals surface area (Å²) in [5.41, 5.74) is 1.87. The largest absolute Gasteiger partial charge is 0.295 e. The molecule has 0 fully saturated rings. The Morgan fingerprint density at radius 1 is 1.47 bits per heavy atom. The quantitative estimate of drug-likeness (QED) is 0.618. The van der Waals surface area contributed by atoms with Crippen LogP contribution in [0.1, 0.15) is 28.0 Å². The number of ketones is 1. The molecule has 2 nitrogen and oxygen atoms in total. The molecule has 88 valence electrons. The van der Waals surface area contributed by atoms with Gasteiger partial charge < -0.3 is 0 Å². The Hall–Kier alpha value is -1.13. The van der Waals surface area contributed by atoms with Gasteiger partial charge in [0.25, 0.3) is 0 Å². The molecule has 0 amide bonds. The Balaban J connectivity index is 2.04. The predicted molar refractivity (Wildman–Crippen MR) is 72.9 cm³/mol. The molecule has 0 atom stereocenters. The molecule has 2 aromatic rings. The first kappa shape index (κ1) is 12.3. The maximum absolute atomic E-state index is 11.3. The van der Waals surface area contributed by atoms with Crippen LogP contribution in [-0.4, -0.2) is 10.8 Å². The zero-order chi connectivity index (χ0) is 12.3. The van der Waals surface area contributed by atoms with E-state index >= 15 is 0 Å². The summed E-state index contributed by atoms with van der Waals surface area (Å²) in [6.07, 6.45) is 0. The van der Waals surface area contributed by atoms with Crippen molar-refractivity contribution < 1.29 is 4.79 Å². The summed E-state index contributed by atoms with van der Waals surface area (Å²) < 4.78 is 0. The van der Waals surface area contributed by atoms with E-state index in [0.717, 1.165) is 26.9 Å². The van der Waals surface area contributed by atoms with Crippen molar-refractivity contribution in [3.8, 4) is 0 Å². The molecule has 17 heavy (non-hydrogen) atoms. The molecule has 2 rings (SSSR count). The third-order valence-corrected chi connectivity index (χ3v) is 4.14. The van der Waals surface area contributed by atoms with Crippen molar-refractivity contribution >= 4 is 28.9 Å². The van der Waals surface area contributed by atoms with Gasteiger partial charge in [-0.1, -0.05) is 12.1 Å². The first-order valence-electron chi connectivity index (χ1n) is 5.30. The van der Waals surface area contributed by atoms with Gasteiger partial charge in [-0.05, 0) is 26.0 Å². The fourth-order valence-corrected chi connectivity index (χ4v) is 3.00. The summed E-state index contributed by atoms with van der Waals surface area (Å²) in [5, 5.41) is 3.18. The number of rotatable bonds is 4. The topological polar surface area (TPSA) is 30.0 Å². The maximum Gasteiger partial charge on any atom is 0.159 e. The Bertz CT molecular complexity index is 534. The van der Waals surface area contributed by atoms with Crippen LogP contribution in [0.3, 0.4) is 0 Å². The molecule has 0 radical (unpaired) electrons. The van der Waals surface area contributed by atoms with Gasteiger partial charge in [0.05, 0.1) is 10.7 Å². The van der Waals surface area contributed by atoms with Crippen molar-refractivity contribution in [1.82, 2.24) is 4.98 Å². The third kappa shape index (κ3) is 3.41. The van der Waals surface area contributed by atoms with E-state index in [9.17, 15) is 4.79 Å². The number of benzene rings is 1. The van der Waals surface area contributed by atoms with Crippen molar-refractivity contribution in [3.63, 3.8) is 0 Å². The predicted octanol–water partition coefficient (Wildman–Crippen LogP) is 3.95. The second kappa shape index (κ2) is 5.47. The third-order valence-electron chi connectivity index (χ3n) is 2.29. The zero-order valence-electron chi connectivity index (χ0n) is 9.77. The minimum Gasteiger partial charge on any atom is -0.295 e. The van der Waals surface area contributed by atoms with Gasteiger partial charge in [0.2, 0.25) is 0 Å². The lowest BCUT2D eigenvalue weighted by Gasteiger charge is -2.01. The Labute approximate surface area is 109 Å². The number of nitrogens with zero attached hydrogens (tertiary/aromatic N) is 1. The van der Waals surface area contributed by atoms with Crippen molar-refractivity contribution in [2.24, 2.45) is 0 Å². The van der Waals surface area contributed by atoms with Gasteiger partial charge in [0.15, 0.2) is 5.78 Å². The lowest BCUT2D eigenvalue weighted by molar-refractivity contribution is 0.101. The van der Waals surface area contributed by atoms with E-state index in [1.54, 1.807) is 30.0 Å². The van der Waals surface area contributed by atoms with Crippen LogP contribution in [0.2, 0.25) is 0 Å². The lowest BCUT2D eigenvalue weighted by atomic mass is 10.2. The first-order valence-corrected chi connectivity index (χ1v) is 7.16. The SMILES string of the molecule is CC(=O)c1cccc(SCc2csc(C)n2)c1. The van der Waals surface area contributed by atoms with Crippen molar-refractivity contribution in [2.75, 3.05) is 0 Å². The molecule has 4 heteroatoms. The average molecular weight is 263 g/mol. The molecule has 0 spiro atoms. The lowest BCUT2D eigenvalue weighted by Crippen LogP contribution is -1.91. The molecule has 0 saturated heterocycles. The Morgan fingerprint density at radius 3 is 2.94 bits per heavy atom. The van der Waals surface area contributed by atoms with E-state index in [0.29, 0.717) is 0 Å². The van der Waals surface area contributed by atoms with Gasteiger partial charge in [0, 0.05) is 21.6 Å². The summed E-state index contributed by atoms with van der Waals surface area (Å²) in [7, 11) is 0. The van der Waals surface area contributed by atoms with Crippen LogP contribution >= 0.6 is 23.1 Å². The number of thioether (sulfide) groups is 1. The van der Waals surface area contributed by atoms with E-state index in [4.69, 9.17) is 0 Å². The highest BCUT2D eigenvalue weighted by atomic mass is 32.2. The number of aromatic nitrogens is 1. The van der Waals surface area contributed by atoms with Gasteiger partial charge in [-0.15, -0.1) is 23.1 Å². The number of hydrogen-bond donors (Lipinski definition) is 0. The monoisotopic (exact) mass is 263 g/mol. The fraction of sp³-hybridized carbons (Fsp3) is 0.231. The number of aryl methyl sites for hydroxylation is 1. The number of carbonyl (C=O) groups is 1. The molecule has 1 heterocycles. The van der Waals surface area contributed by atoms with E-state index < -0.39 is 0 Å². The van der Waals surface area contributed by atoms with Gasteiger partial charge >= 0.3 is 0 Å². The van der Waals surface area contributed by atoms with Crippen LogP contribution in [0.5, 0.6) is 0 Å². The smallest absolute Gasteiger partial charge is 0.159 e. The summed E-state index contributed by atoms with van der Waals surface area (Å²) in [5.74, 6) is 0.961. The molecule has 0 bridgehead atoms. The number of hydrogen-bond acceptors (Lipinski definition) is 4. The molecular weight excluding hydrogens is 250 g/mol. The summed E-state index contributed by atoms with van der Waals surface area (Å²) >= 11 is 3.38. The minimum atomic E-state index is 0.108. The van der Waals surface area contributed by atoms with Crippen LogP contribution in [0.25, 0.3) is 0 Å². The second-order valence-electron chi connectivity index (χ2n) is 3.73. The van der Waals surface area contributed by atoms with E-state index in [1.807, 2.05) is 31.2 Å². The average Bonchev–Trinajstić information content (AvgIpc) is 2.73. The zero-order valence-corrected chi connectivity index (χ0v) is 11.4. The molecular formula is C13H13NOS2. The highest BCUT2D eigenvalue weighted by Gasteiger charge is 2.03. The van der Waals surface area contributed by atoms with Crippen molar-refractivity contribution in [3.05, 3.63) is 45.9 Å². The molecule has 0 aliphatic heterocycles. The van der Waals surface area contributed by atoms with E-state index in [1.165, 1.54) is 0 Å². The van der Waals surface area contributed by atoms with Crippen molar-refractivity contribution in [2.45, 2.75) is 24.5 Å². The molecule has 1 aromatic heterocycles. The van der Waals surface area contributed by atoms with Crippen LogP contribution in [0, 0.1) is 6.92 Å². The minimum absolute atomic E-state index is 0.108. The maximum atomic E-state index is 11.3. The van der Waals surface area contributed by atoms with Gasteiger partial charge in [-0.25, -0.2) is 4.98 Å². The molecule has 0 unspecified atom stereocenters. The number of Topliss-reactive ketones (excluding diaryl/α,β-unsaturated/α-hetero) is 1. The first-order chi connectivity index (χ1) is 8.15. The number of carbonyl (C=O) groups excluding carboxylic acids is 1. The van der Waals surface area contributed by atoms with Crippen LogP contribution < -0.4 is 0 Å². The van der Waals surface area contributed by atoms with Gasteiger partial charge in [-0.3, -0.25) is 4.79 Å². The highest BCUT2D eigenvalue weighted by Crippen LogP contribution is 2.24. The van der Waals surface area contributed by atoms with E-state index in [-0.39, 0.29) is 5.78 Å². The Kier molecular flexibility index (Phi) is 3.97. The van der Waals surface area contributed by atoms with Gasteiger partial charge in [0.1, 0.15) is 0 Å². The summed E-state index contributed by atoms with van der Waals surface area (Å²) in [6, 6.07) is 7.73. The molecule has 0 saturated carbocycles. The second-order valence-corrected chi connectivity index (χ2v) is 5.84. The molecule has 0 N–H and O–H groups in total. The number of thiazole rings is 1.